The maximum Gasteiger partial charge on any atom is 0.255 e. The summed E-state index contributed by atoms with van der Waals surface area (Å²) in [7, 11) is 1.85. The third-order valence-corrected chi connectivity index (χ3v) is 4.22. The van der Waals surface area contributed by atoms with E-state index in [1.54, 1.807) is 12.1 Å². The molecule has 0 bridgehead atoms. The summed E-state index contributed by atoms with van der Waals surface area (Å²) >= 11 is 9.35. The molecule has 1 heterocycles. The first-order valence-electron chi connectivity index (χ1n) is 6.02. The molecule has 0 radical (unpaired) electrons. The van der Waals surface area contributed by atoms with Crippen LogP contribution in [-0.4, -0.2) is 37.0 Å². The fourth-order valence-corrected chi connectivity index (χ4v) is 2.77. The van der Waals surface area contributed by atoms with Gasteiger partial charge in [-0.05, 0) is 53.5 Å². The summed E-state index contributed by atoms with van der Waals surface area (Å²) in [6, 6.07) is 5.55. The lowest BCUT2D eigenvalue weighted by Crippen LogP contribution is -2.46. The minimum atomic E-state index is 0.0121. The highest BCUT2D eigenvalue weighted by molar-refractivity contribution is 9.10. The van der Waals surface area contributed by atoms with E-state index in [2.05, 4.69) is 21.2 Å². The zero-order chi connectivity index (χ0) is 13.1. The van der Waals surface area contributed by atoms with Crippen LogP contribution in [0.2, 0.25) is 5.02 Å². The van der Waals surface area contributed by atoms with Crippen molar-refractivity contribution in [3.05, 3.63) is 33.3 Å². The molecule has 5 heteroatoms. The summed E-state index contributed by atoms with van der Waals surface area (Å²) in [5.41, 5.74) is 0.621. The molecule has 1 aliphatic heterocycles. The van der Waals surface area contributed by atoms with Crippen LogP contribution in [-0.2, 0) is 0 Å². The van der Waals surface area contributed by atoms with Crippen molar-refractivity contribution in [3.63, 3.8) is 0 Å². The molecule has 1 aromatic carbocycles. The lowest BCUT2D eigenvalue weighted by molar-refractivity contribution is 0.0707. The second kappa shape index (κ2) is 6.04. The summed E-state index contributed by atoms with van der Waals surface area (Å²) < 4.78 is 0.785. The van der Waals surface area contributed by atoms with Crippen LogP contribution < -0.4 is 5.32 Å². The van der Waals surface area contributed by atoms with Gasteiger partial charge in [0, 0.05) is 29.1 Å². The molecule has 1 atom stereocenters. The van der Waals surface area contributed by atoms with E-state index in [0.29, 0.717) is 10.6 Å². The maximum absolute atomic E-state index is 12.4. The molecule has 1 unspecified atom stereocenters. The first-order chi connectivity index (χ1) is 8.59. The van der Waals surface area contributed by atoms with Gasteiger partial charge in [0.05, 0.1) is 5.56 Å². The fourth-order valence-electron chi connectivity index (χ4n) is 2.18. The molecule has 1 amide bonds. The molecule has 98 valence electrons. The second-order valence-electron chi connectivity index (χ2n) is 4.54. The normalized spacial score (nSPS) is 19.6. The number of likely N-dealkylation sites (N-methyl/N-ethyl adjacent to an activating group) is 1. The van der Waals surface area contributed by atoms with Gasteiger partial charge in [0.15, 0.2) is 0 Å². The van der Waals surface area contributed by atoms with E-state index in [1.165, 1.54) is 0 Å². The topological polar surface area (TPSA) is 32.3 Å². The minimum absolute atomic E-state index is 0.0121. The number of carbonyl (C=O) groups is 1. The van der Waals surface area contributed by atoms with Gasteiger partial charge in [-0.2, -0.15) is 0 Å². The number of halogens is 2. The van der Waals surface area contributed by atoms with Crippen molar-refractivity contribution in [1.29, 1.82) is 0 Å². The molecular formula is C13H16BrClN2O. The van der Waals surface area contributed by atoms with Crippen molar-refractivity contribution in [2.75, 3.05) is 20.1 Å². The lowest BCUT2D eigenvalue weighted by atomic mass is 10.1. The molecule has 2 rings (SSSR count). The Morgan fingerprint density at radius 2 is 2.33 bits per heavy atom. The van der Waals surface area contributed by atoms with Gasteiger partial charge < -0.3 is 10.2 Å². The Hall–Kier alpha value is -0.580. The zero-order valence-electron chi connectivity index (χ0n) is 10.2. The van der Waals surface area contributed by atoms with Crippen LogP contribution in [0, 0.1) is 0 Å². The van der Waals surface area contributed by atoms with Gasteiger partial charge in [-0.25, -0.2) is 0 Å². The van der Waals surface area contributed by atoms with Crippen LogP contribution >= 0.6 is 27.5 Å². The Morgan fingerprint density at radius 3 is 3.00 bits per heavy atom. The highest BCUT2D eigenvalue weighted by atomic mass is 79.9. The highest BCUT2D eigenvalue weighted by Gasteiger charge is 2.24. The molecular weight excluding hydrogens is 316 g/mol. The van der Waals surface area contributed by atoms with Gasteiger partial charge in [0.1, 0.15) is 0 Å². The molecule has 0 aliphatic carbocycles. The van der Waals surface area contributed by atoms with E-state index in [1.807, 2.05) is 18.0 Å². The molecule has 1 aliphatic rings. The zero-order valence-corrected chi connectivity index (χ0v) is 12.6. The van der Waals surface area contributed by atoms with Gasteiger partial charge in [-0.15, -0.1) is 0 Å². The number of benzene rings is 1. The number of rotatable bonds is 2. The van der Waals surface area contributed by atoms with Gasteiger partial charge in [0.25, 0.3) is 5.91 Å². The van der Waals surface area contributed by atoms with E-state index in [9.17, 15) is 4.79 Å². The predicted molar refractivity (Wildman–Crippen MR) is 77.1 cm³/mol. The molecule has 18 heavy (non-hydrogen) atoms. The maximum atomic E-state index is 12.4. The molecule has 0 spiro atoms. The third-order valence-electron chi connectivity index (χ3n) is 3.30. The molecule has 1 aromatic rings. The SMILES string of the molecule is CN(C(=O)c1cc(Cl)ccc1Br)C1CCCNC1. The van der Waals surface area contributed by atoms with Crippen molar-refractivity contribution in [1.82, 2.24) is 10.2 Å². The van der Waals surface area contributed by atoms with Crippen molar-refractivity contribution < 1.29 is 4.79 Å². The standard InChI is InChI=1S/C13H16BrClN2O/c1-17(10-3-2-6-16-8-10)13(18)11-7-9(15)4-5-12(11)14/h4-5,7,10,16H,2-3,6,8H2,1H3. The number of nitrogens with one attached hydrogen (secondary N) is 1. The largest absolute Gasteiger partial charge is 0.337 e. The first-order valence-corrected chi connectivity index (χ1v) is 7.19. The highest BCUT2D eigenvalue weighted by Crippen LogP contribution is 2.23. The summed E-state index contributed by atoms with van der Waals surface area (Å²) in [6.45, 7) is 1.90. The van der Waals surface area contributed by atoms with Crippen LogP contribution in [0.4, 0.5) is 0 Å². The molecule has 1 saturated heterocycles. The Labute approximate surface area is 121 Å². The van der Waals surface area contributed by atoms with Gasteiger partial charge in [0.2, 0.25) is 0 Å². The third kappa shape index (κ3) is 3.05. The van der Waals surface area contributed by atoms with Crippen molar-refractivity contribution in [3.8, 4) is 0 Å². The first kappa shape index (κ1) is 13.8. The smallest absolute Gasteiger partial charge is 0.255 e. The van der Waals surface area contributed by atoms with E-state index >= 15 is 0 Å². The van der Waals surface area contributed by atoms with Crippen LogP contribution in [0.3, 0.4) is 0 Å². The molecule has 3 nitrogen and oxygen atoms in total. The molecule has 1 N–H and O–H groups in total. The van der Waals surface area contributed by atoms with Gasteiger partial charge in [-0.1, -0.05) is 11.6 Å². The Morgan fingerprint density at radius 1 is 1.56 bits per heavy atom. The number of hydrogen-bond acceptors (Lipinski definition) is 2. The molecule has 1 fully saturated rings. The number of hydrogen-bond donors (Lipinski definition) is 1. The second-order valence-corrected chi connectivity index (χ2v) is 5.83. The predicted octanol–water partition coefficient (Wildman–Crippen LogP) is 2.93. The number of amides is 1. The van der Waals surface area contributed by atoms with Crippen molar-refractivity contribution in [2.45, 2.75) is 18.9 Å². The van der Waals surface area contributed by atoms with E-state index in [0.717, 1.165) is 30.4 Å². The van der Waals surface area contributed by atoms with Crippen LogP contribution in [0.1, 0.15) is 23.2 Å². The summed E-state index contributed by atoms with van der Waals surface area (Å²) in [5, 5.41) is 3.90. The summed E-state index contributed by atoms with van der Waals surface area (Å²) in [5.74, 6) is 0.0121. The number of carbonyl (C=O) groups excluding carboxylic acids is 1. The van der Waals surface area contributed by atoms with Crippen LogP contribution in [0.5, 0.6) is 0 Å². The number of piperidine rings is 1. The van der Waals surface area contributed by atoms with Crippen molar-refractivity contribution >= 4 is 33.4 Å². The summed E-state index contributed by atoms with van der Waals surface area (Å²) in [6.07, 6.45) is 2.16. The Balaban J connectivity index is 2.16. The molecule has 0 saturated carbocycles. The Bertz CT molecular complexity index is 447. The Kier molecular flexibility index (Phi) is 4.65. The van der Waals surface area contributed by atoms with E-state index < -0.39 is 0 Å². The average Bonchev–Trinajstić information content (AvgIpc) is 2.41. The average molecular weight is 332 g/mol. The minimum Gasteiger partial charge on any atom is -0.337 e. The van der Waals surface area contributed by atoms with Crippen LogP contribution in [0.15, 0.2) is 22.7 Å². The van der Waals surface area contributed by atoms with E-state index in [-0.39, 0.29) is 11.9 Å². The van der Waals surface area contributed by atoms with Crippen LogP contribution in [0.25, 0.3) is 0 Å². The van der Waals surface area contributed by atoms with Crippen molar-refractivity contribution in [2.24, 2.45) is 0 Å². The summed E-state index contributed by atoms with van der Waals surface area (Å²) in [4.78, 5) is 14.2. The quantitative estimate of drug-likeness (QED) is 0.904. The number of nitrogens with zero attached hydrogens (tertiary/aromatic N) is 1. The van der Waals surface area contributed by atoms with Gasteiger partial charge in [-0.3, -0.25) is 4.79 Å². The lowest BCUT2D eigenvalue weighted by Gasteiger charge is -2.32. The fraction of sp³-hybridized carbons (Fsp3) is 0.462. The monoisotopic (exact) mass is 330 g/mol. The van der Waals surface area contributed by atoms with E-state index in [4.69, 9.17) is 11.6 Å². The molecule has 0 aromatic heterocycles. The van der Waals surface area contributed by atoms with Gasteiger partial charge >= 0.3 is 0 Å².